The minimum atomic E-state index is -0.502. The van der Waals surface area contributed by atoms with Gasteiger partial charge in [0.15, 0.2) is 0 Å². The molecule has 0 radical (unpaired) electrons. The fraction of sp³-hybridized carbons (Fsp3) is 0.111. The van der Waals surface area contributed by atoms with Crippen LogP contribution in [0.1, 0.15) is 16.7 Å². The van der Waals surface area contributed by atoms with Crippen molar-refractivity contribution in [2.75, 3.05) is 0 Å². The molecule has 0 aliphatic heterocycles. The van der Waals surface area contributed by atoms with Gasteiger partial charge in [0.1, 0.15) is 5.75 Å². The zero-order valence-corrected chi connectivity index (χ0v) is 19.2. The van der Waals surface area contributed by atoms with Gasteiger partial charge < -0.3 is 5.11 Å². The van der Waals surface area contributed by atoms with Crippen molar-refractivity contribution in [1.82, 2.24) is 0 Å². The van der Waals surface area contributed by atoms with Gasteiger partial charge in [-0.25, -0.2) is 0 Å². The Balaban J connectivity index is 1.74. The van der Waals surface area contributed by atoms with Gasteiger partial charge in [0.05, 0.1) is 0 Å². The van der Waals surface area contributed by atoms with E-state index in [9.17, 15) is 5.11 Å². The third-order valence-corrected chi connectivity index (χ3v) is 9.37. The Morgan fingerprint density at radius 2 is 1.37 bits per heavy atom. The van der Waals surface area contributed by atoms with Crippen molar-refractivity contribution < 1.29 is 5.11 Å². The van der Waals surface area contributed by atoms with Gasteiger partial charge in [0.25, 0.3) is 0 Å². The molecule has 1 nitrogen and oxygen atoms in total. The third-order valence-electron chi connectivity index (χ3n) is 5.24. The summed E-state index contributed by atoms with van der Waals surface area (Å²) in [6.07, 6.45) is 1.000. The lowest BCUT2D eigenvalue weighted by Crippen LogP contribution is -2.18. The molecule has 0 saturated carbocycles. The Morgan fingerprint density at radius 3 is 2.00 bits per heavy atom. The molecule has 4 rings (SSSR count). The molecule has 150 valence electrons. The monoisotopic (exact) mass is 428 g/mol. The predicted octanol–water partition coefficient (Wildman–Crippen LogP) is 5.27. The van der Waals surface area contributed by atoms with Gasteiger partial charge in [-0.3, -0.25) is 0 Å². The van der Waals surface area contributed by atoms with Crippen LogP contribution in [0.3, 0.4) is 0 Å². The summed E-state index contributed by atoms with van der Waals surface area (Å²) in [4.78, 5) is 0. The fourth-order valence-corrected chi connectivity index (χ4v) is 7.52. The van der Waals surface area contributed by atoms with E-state index in [4.69, 9.17) is 0 Å². The summed E-state index contributed by atoms with van der Waals surface area (Å²) in [5.41, 5.74) is 3.86. The van der Waals surface area contributed by atoms with Crippen LogP contribution in [0.4, 0.5) is 0 Å². The minimum absolute atomic E-state index is 0.390. The smallest absolute Gasteiger partial charge is 0.123 e. The number of aryl methyl sites for hydroxylation is 2. The van der Waals surface area contributed by atoms with Gasteiger partial charge in [-0.05, 0) is 60.9 Å². The number of phenols is 1. The van der Waals surface area contributed by atoms with E-state index in [1.54, 1.807) is 0 Å². The number of rotatable bonds is 6. The second-order valence-electron chi connectivity index (χ2n) is 7.51. The van der Waals surface area contributed by atoms with Crippen molar-refractivity contribution in [2.45, 2.75) is 20.0 Å². The van der Waals surface area contributed by atoms with Crippen LogP contribution >= 0.6 is 16.5 Å². The van der Waals surface area contributed by atoms with Crippen LogP contribution in [0.15, 0.2) is 97.1 Å². The number of benzene rings is 4. The third kappa shape index (κ3) is 4.81. The van der Waals surface area contributed by atoms with Crippen molar-refractivity contribution in [1.29, 1.82) is 0 Å². The Kier molecular flexibility index (Phi) is 6.63. The molecular formula is C27H26OP2. The average molecular weight is 428 g/mol. The topological polar surface area (TPSA) is 20.2 Å². The molecule has 4 aromatic carbocycles. The van der Waals surface area contributed by atoms with Crippen molar-refractivity contribution >= 4 is 37.7 Å². The first kappa shape index (κ1) is 20.8. The summed E-state index contributed by atoms with van der Waals surface area (Å²) in [5.74, 6) is 0.390. The Morgan fingerprint density at radius 1 is 0.733 bits per heavy atom. The van der Waals surface area contributed by atoms with Gasteiger partial charge in [0.2, 0.25) is 0 Å². The van der Waals surface area contributed by atoms with E-state index < -0.39 is 7.92 Å². The minimum Gasteiger partial charge on any atom is -0.507 e. The fourth-order valence-electron chi connectivity index (χ4n) is 3.64. The summed E-state index contributed by atoms with van der Waals surface area (Å²) < 4.78 is 0. The van der Waals surface area contributed by atoms with Crippen molar-refractivity contribution in [3.63, 3.8) is 0 Å². The summed E-state index contributed by atoms with van der Waals surface area (Å²) in [6.45, 7) is 4.27. The van der Waals surface area contributed by atoms with Crippen LogP contribution < -0.4 is 21.2 Å². The molecule has 0 spiro atoms. The Bertz CT molecular complexity index is 1080. The number of hydrogen-bond acceptors (Lipinski definition) is 1. The molecule has 0 heterocycles. The molecule has 0 amide bonds. The molecule has 0 bridgehead atoms. The van der Waals surface area contributed by atoms with E-state index in [1.165, 1.54) is 32.6 Å². The average Bonchev–Trinajstić information content (AvgIpc) is 2.77. The summed E-state index contributed by atoms with van der Waals surface area (Å²) in [6, 6.07) is 34.2. The summed E-state index contributed by atoms with van der Waals surface area (Å²) >= 11 is 0. The van der Waals surface area contributed by atoms with Crippen LogP contribution in [0.25, 0.3) is 0 Å². The lowest BCUT2D eigenvalue weighted by atomic mass is 10.1. The number of phenolic OH excluding ortho intramolecular Hbond substituents is 1. The molecule has 0 saturated heterocycles. The number of aromatic hydroxyl groups is 1. The molecule has 0 aromatic heterocycles. The van der Waals surface area contributed by atoms with E-state index in [-0.39, 0.29) is 0 Å². The molecule has 0 fully saturated rings. The van der Waals surface area contributed by atoms with Crippen molar-refractivity contribution in [3.8, 4) is 5.75 Å². The highest BCUT2D eigenvalue weighted by Gasteiger charge is 2.18. The van der Waals surface area contributed by atoms with Crippen LogP contribution in [0, 0.1) is 13.8 Å². The maximum atomic E-state index is 10.4. The normalized spacial score (nSPS) is 11.4. The molecule has 0 aliphatic carbocycles. The summed E-state index contributed by atoms with van der Waals surface area (Å²) in [5, 5.41) is 15.6. The first-order chi connectivity index (χ1) is 14.6. The zero-order chi connectivity index (χ0) is 20.9. The maximum Gasteiger partial charge on any atom is 0.123 e. The summed E-state index contributed by atoms with van der Waals surface area (Å²) in [7, 11) is -0.0574. The highest BCUT2D eigenvalue weighted by molar-refractivity contribution is 7.72. The lowest BCUT2D eigenvalue weighted by molar-refractivity contribution is 0.479. The maximum absolute atomic E-state index is 10.4. The first-order valence-electron chi connectivity index (χ1n) is 10.1. The van der Waals surface area contributed by atoms with E-state index in [1.807, 2.05) is 12.1 Å². The SMILES string of the molecule is Cc1ccc(O)c(Pc2c(C)cccc2CP(c2ccccc2)c2ccccc2)c1. The molecule has 1 unspecified atom stereocenters. The Labute approximate surface area is 182 Å². The first-order valence-corrected chi connectivity index (χ1v) is 12.7. The van der Waals surface area contributed by atoms with E-state index in [0.29, 0.717) is 14.3 Å². The van der Waals surface area contributed by atoms with Crippen LogP contribution in [-0.2, 0) is 6.16 Å². The standard InChI is InChI=1S/C27H26OP2/c1-20-16-17-25(28)26(18-20)29-27-21(2)10-9-11-22(27)19-30(23-12-5-3-6-13-23)24-14-7-4-8-15-24/h3-18,28-29H,19H2,1-2H3. The Hall–Kier alpha value is -2.46. The van der Waals surface area contributed by atoms with Gasteiger partial charge in [-0.1, -0.05) is 99.1 Å². The quantitative estimate of drug-likeness (QED) is 0.415. The second kappa shape index (κ2) is 9.57. The van der Waals surface area contributed by atoms with E-state index >= 15 is 0 Å². The predicted molar refractivity (Wildman–Crippen MR) is 134 cm³/mol. The van der Waals surface area contributed by atoms with Crippen molar-refractivity contribution in [2.24, 2.45) is 0 Å². The van der Waals surface area contributed by atoms with Gasteiger partial charge in [0, 0.05) is 11.5 Å². The molecule has 1 N–H and O–H groups in total. The molecular weight excluding hydrogens is 402 g/mol. The van der Waals surface area contributed by atoms with Crippen LogP contribution in [0.2, 0.25) is 0 Å². The van der Waals surface area contributed by atoms with Gasteiger partial charge in [-0.2, -0.15) is 0 Å². The van der Waals surface area contributed by atoms with Crippen LogP contribution in [-0.4, -0.2) is 5.11 Å². The molecule has 1 atom stereocenters. The lowest BCUT2D eigenvalue weighted by Gasteiger charge is -2.22. The van der Waals surface area contributed by atoms with Gasteiger partial charge in [-0.15, -0.1) is 0 Å². The van der Waals surface area contributed by atoms with E-state index in [2.05, 4.69) is 98.8 Å². The molecule has 4 aromatic rings. The van der Waals surface area contributed by atoms with E-state index in [0.717, 1.165) is 11.5 Å². The van der Waals surface area contributed by atoms with Crippen LogP contribution in [0.5, 0.6) is 5.75 Å². The molecule has 3 heteroatoms. The molecule has 0 aliphatic rings. The highest BCUT2D eigenvalue weighted by atomic mass is 31.1. The number of hydrogen-bond donors (Lipinski definition) is 1. The van der Waals surface area contributed by atoms with Crippen molar-refractivity contribution in [3.05, 3.63) is 114 Å². The highest BCUT2D eigenvalue weighted by Crippen LogP contribution is 2.38. The second-order valence-corrected chi connectivity index (χ2v) is 11.0. The molecule has 30 heavy (non-hydrogen) atoms. The zero-order valence-electron chi connectivity index (χ0n) is 17.3. The largest absolute Gasteiger partial charge is 0.507 e. The van der Waals surface area contributed by atoms with Gasteiger partial charge >= 0.3 is 0 Å².